The summed E-state index contributed by atoms with van der Waals surface area (Å²) < 4.78 is 247. The van der Waals surface area contributed by atoms with Crippen LogP contribution in [0.25, 0.3) is 25.1 Å². The fraction of sp³-hybridized carbons (Fsp3) is 0.377. The minimum Gasteiger partial charge on any atom is -0.748 e. The highest BCUT2D eigenvalue weighted by molar-refractivity contribution is 14.1. The van der Waals surface area contributed by atoms with E-state index < -0.39 is 107 Å². The standard InChI is InChI=1S/C27H35F5O8S.C22H23S.C21H28I.C18H13S.C10H6F3I3O5S.C8H3F2I3O5S/c1-13(4-7-21(36)40-23(26(28,29)30)27(31,32)41(37,38)39)16-5-6-17-22-18(12-20(35)25(16,17)3)24(2)9-8-15(33)10-14(24)11-19(22)34;1-22(2,3)18-14-16-21(17-15-18)23(19-10-6-4-7-11-19)20-12-8-5-9-13-20;1-14(2)17-12-19(15(3)4)21(20(13-17)16(5)6)22-18-10-8-7-9-11-18;1-2-8-14(9-3-1)19-17-12-6-4-10-15(17)16-11-5-7-13-18(16)19;11-10(12,13)7(3-22(18,19)20)21-9(17)5-1-4(14)2-6(15)8(5)16;9-8(10,19(15,16)17)7(14)18-6-4(12)1-3(11)2-5(6)13/h13-14,16-18,22-23H,4-12H2,1-3H3,(H,37,38,39);4-17H,1-3H3;7-16H,1-6H3;1-13H;1-2,7H,3H2,(H,18,19,20);1-2H,(H,15,16,17)/q;3*+1;;/p-3/t13?,14-,16+,17-,18-,22-,23?,24-,25+;;;;;/m0...../s1. The van der Waals surface area contributed by atoms with Crippen LogP contribution < -0.4 is 25.9 Å². The van der Waals surface area contributed by atoms with Gasteiger partial charge in [-0.15, -0.1) is 0 Å². The van der Waals surface area contributed by atoms with Gasteiger partial charge in [-0.2, -0.15) is 43.9 Å². The van der Waals surface area contributed by atoms with Crippen LogP contribution in [0.5, 0.6) is 5.75 Å². The van der Waals surface area contributed by atoms with E-state index in [-0.39, 0.29) is 131 Å². The van der Waals surface area contributed by atoms with Crippen LogP contribution in [0.3, 0.4) is 0 Å². The zero-order valence-electron chi connectivity index (χ0n) is 80.7. The quantitative estimate of drug-likeness (QED) is 0.0109. The first kappa shape index (κ1) is 122. The van der Waals surface area contributed by atoms with Gasteiger partial charge < -0.3 is 27.9 Å². The van der Waals surface area contributed by atoms with Gasteiger partial charge >= 0.3 is 62.0 Å². The van der Waals surface area contributed by atoms with Gasteiger partial charge in [-0.3, -0.25) is 19.2 Å². The molecule has 15 rings (SSSR count). The fourth-order valence-electron chi connectivity index (χ4n) is 18.6. The van der Waals surface area contributed by atoms with Gasteiger partial charge in [-0.05, 0) is 340 Å². The number of esters is 3. The summed E-state index contributed by atoms with van der Waals surface area (Å²) in [6, 6.07) is 81.2. The molecule has 1 aromatic heterocycles. The van der Waals surface area contributed by atoms with Gasteiger partial charge in [0.25, 0.3) is 6.10 Å². The summed E-state index contributed by atoms with van der Waals surface area (Å²) in [7, 11) is -18.1. The summed E-state index contributed by atoms with van der Waals surface area (Å²) in [5.74, 6) is -7.40. The Morgan fingerprint density at radius 2 is 1.01 bits per heavy atom. The summed E-state index contributed by atoms with van der Waals surface area (Å²) in [6.45, 7) is 26.3. The highest BCUT2D eigenvalue weighted by Crippen LogP contribution is 2.67. The first-order chi connectivity index (χ1) is 67.8. The van der Waals surface area contributed by atoms with Gasteiger partial charge in [0.05, 0.1) is 39.5 Å². The molecule has 0 saturated heterocycles. The van der Waals surface area contributed by atoms with E-state index in [1.54, 1.807) is 102 Å². The van der Waals surface area contributed by atoms with Gasteiger partial charge in [0.15, 0.2) is 58.5 Å². The molecule has 1 heterocycles. The molecule has 3 unspecified atom stereocenters. The van der Waals surface area contributed by atoms with Crippen LogP contribution in [-0.4, -0.2) is 115 Å². The third-order valence-corrected chi connectivity index (χ3v) is 42.2. The van der Waals surface area contributed by atoms with Crippen LogP contribution >= 0.6 is 146 Å². The summed E-state index contributed by atoms with van der Waals surface area (Å²) >= 11 is 10.8. The number of hydrogen-bond donors (Lipinski definition) is 0. The first-order valence-corrected chi connectivity index (χ1v) is 61.3. The van der Waals surface area contributed by atoms with Crippen molar-refractivity contribution in [3.63, 3.8) is 0 Å². The highest BCUT2D eigenvalue weighted by Gasteiger charge is 2.67. The van der Waals surface area contributed by atoms with E-state index in [9.17, 15) is 112 Å². The molecule has 0 spiro atoms. The molecule has 4 aliphatic rings. The molecule has 786 valence electrons. The molecule has 146 heavy (non-hydrogen) atoms. The van der Waals surface area contributed by atoms with E-state index >= 15 is 0 Å². The number of ketones is 3. The van der Waals surface area contributed by atoms with Crippen LogP contribution in [0.2, 0.25) is 0 Å². The van der Waals surface area contributed by atoms with E-state index in [1.165, 1.54) is 72.7 Å². The SMILES string of the molecule is CC(C)(C)c1ccc([S+](c2ccccc2)c2ccccc2)cc1.CC(C)c1cc(C(C)C)c([I+]c2ccccc2)c(C(C)C)c1.CC(CCC(=O)OC(C(F)(F)F)C(F)(F)S(=O)(=O)[O-])[C@H]1CC[C@H]2[C@@H]3C(=O)C[C@@H]4CC(=O)CC[C@]4(C)[C@H]3CC(=O)[C@]12C.O=C(OC(CS(=O)(=O)[O-])C(F)(F)F)c1cc(I)cc(I)c1I.O=C(Oc1c(I)cc(I)cc1I)C(F)(F)S(=O)(=O)[O-].c1ccc(-[s+]2c3ccccc3c3ccccc32)cc1. The van der Waals surface area contributed by atoms with Crippen LogP contribution in [-0.2, 0) is 80.1 Å². The van der Waals surface area contributed by atoms with E-state index in [0.29, 0.717) is 67.7 Å². The lowest BCUT2D eigenvalue weighted by Gasteiger charge is -2.58. The molecule has 40 heteroatoms. The molecule has 0 bridgehead atoms. The molecular formula is C106H105F10I7O18S5. The van der Waals surface area contributed by atoms with E-state index in [4.69, 9.17) is 0 Å². The number of carbonyl (C=O) groups is 6. The number of carbonyl (C=O) groups excluding carboxylic acids is 6. The van der Waals surface area contributed by atoms with Crippen molar-refractivity contribution < 1.29 is 147 Å². The predicted molar refractivity (Wildman–Crippen MR) is 587 cm³/mol. The van der Waals surface area contributed by atoms with E-state index in [0.717, 1.165) is 3.57 Å². The molecule has 10 aromatic carbocycles. The normalized spacial score (nSPS) is 19.3. The van der Waals surface area contributed by atoms with Crippen molar-refractivity contribution in [3.05, 3.63) is 287 Å². The molecule has 4 saturated carbocycles. The summed E-state index contributed by atoms with van der Waals surface area (Å²) in [4.78, 5) is 80.0. The second-order valence-electron chi connectivity index (χ2n) is 38.0. The van der Waals surface area contributed by atoms with Gasteiger partial charge in [0.2, 0.25) is 9.67 Å². The molecule has 18 nitrogen and oxygen atoms in total. The highest BCUT2D eigenvalue weighted by atomic mass is 127. The number of ether oxygens (including phenoxy) is 3. The van der Waals surface area contributed by atoms with Gasteiger partial charge in [-0.1, -0.05) is 204 Å². The third kappa shape index (κ3) is 30.3. The minimum absolute atomic E-state index is 0.0373. The van der Waals surface area contributed by atoms with Crippen LogP contribution in [0, 0.1) is 74.9 Å². The maximum atomic E-state index is 13.8. The third-order valence-electron chi connectivity index (χ3n) is 26.2. The lowest BCUT2D eigenvalue weighted by molar-refractivity contribution is -0.599. The van der Waals surface area contributed by atoms with Crippen molar-refractivity contribution in [1.82, 2.24) is 0 Å². The lowest BCUT2D eigenvalue weighted by atomic mass is 9.44. The number of benzene rings is 10. The Kier molecular flexibility index (Phi) is 42.4. The smallest absolute Gasteiger partial charge is 0.432 e. The Morgan fingerprint density at radius 3 is 1.48 bits per heavy atom. The van der Waals surface area contributed by atoms with Crippen LogP contribution in [0.4, 0.5) is 43.9 Å². The summed E-state index contributed by atoms with van der Waals surface area (Å²) in [5.41, 5.74) is 4.83. The Labute approximate surface area is 942 Å². The lowest BCUT2D eigenvalue weighted by Crippen LogP contribution is -3.62. The minimum atomic E-state index is -6.79. The fourth-order valence-corrected chi connectivity index (χ4v) is 34.1. The first-order valence-electron chi connectivity index (χ1n) is 45.9. The van der Waals surface area contributed by atoms with E-state index in [1.807, 2.05) is 67.8 Å². The maximum absolute atomic E-state index is 13.8. The van der Waals surface area contributed by atoms with Crippen molar-refractivity contribution in [1.29, 1.82) is 0 Å². The van der Waals surface area contributed by atoms with Crippen molar-refractivity contribution in [3.8, 4) is 10.6 Å². The zero-order chi connectivity index (χ0) is 108. The molecule has 0 N–H and O–H groups in total. The van der Waals surface area contributed by atoms with Crippen molar-refractivity contribution in [2.75, 3.05) is 5.75 Å². The Morgan fingerprint density at radius 1 is 0.541 bits per heavy atom. The number of rotatable bonds is 23. The second-order valence-corrected chi connectivity index (χ2v) is 56.3. The number of fused-ring (bicyclic) bond motifs is 8. The van der Waals surface area contributed by atoms with Gasteiger partial charge in [0, 0.05) is 90.1 Å². The Bertz CT molecular complexity index is 6750. The Hall–Kier alpha value is -5.67. The molecule has 0 radical (unpaired) electrons. The van der Waals surface area contributed by atoms with Gasteiger partial charge in [0.1, 0.15) is 17.3 Å². The van der Waals surface area contributed by atoms with Gasteiger partial charge in [-0.25, -0.2) is 34.8 Å². The summed E-state index contributed by atoms with van der Waals surface area (Å²) in [5, 5.41) is -8.25. The average molecular weight is 2910 g/mol. The van der Waals surface area contributed by atoms with E-state index in [2.05, 4.69) is 290 Å². The van der Waals surface area contributed by atoms with Crippen LogP contribution in [0.1, 0.15) is 191 Å². The average Bonchev–Trinajstić information content (AvgIpc) is 1.46. The van der Waals surface area contributed by atoms with Crippen molar-refractivity contribution >= 4 is 243 Å². The molecule has 0 aliphatic heterocycles. The molecule has 11 aromatic rings. The molecule has 10 atom stereocenters. The predicted octanol–water partition coefficient (Wildman–Crippen LogP) is 25.3. The Balaban J connectivity index is 0.000000184. The monoisotopic (exact) mass is 2900 g/mol. The largest absolute Gasteiger partial charge is 0.748 e. The second kappa shape index (κ2) is 50.7. The maximum Gasteiger partial charge on any atom is 0.432 e. The molecular weight excluding hydrogens is 2800 g/mol. The number of hydrogen-bond acceptors (Lipinski definition) is 18. The number of Topliss-reactive ketones (excluding diaryl/α,β-unsaturated/α-hetero) is 3. The van der Waals surface area contributed by atoms with Crippen molar-refractivity contribution in [2.24, 2.45) is 46.3 Å². The van der Waals surface area contributed by atoms with Crippen molar-refractivity contribution in [2.45, 2.75) is 214 Å². The van der Waals surface area contributed by atoms with Crippen LogP contribution in [0.15, 0.2) is 245 Å². The summed E-state index contributed by atoms with van der Waals surface area (Å²) in [6.07, 6.45) is -16.7. The zero-order valence-corrected chi connectivity index (χ0v) is 99.9. The molecule has 4 fully saturated rings. The number of thiophene rings is 1. The number of alkyl halides is 10. The topological polar surface area (TPSA) is 302 Å². The molecule has 4 aliphatic carbocycles. The number of halogens is 17. The molecule has 0 amide bonds.